The normalized spacial score (nSPS) is 17.7. The van der Waals surface area contributed by atoms with Crippen molar-refractivity contribution in [3.8, 4) is 11.3 Å². The van der Waals surface area contributed by atoms with Crippen LogP contribution < -0.4 is 10.2 Å². The number of ether oxygens (including phenoxy) is 1. The van der Waals surface area contributed by atoms with E-state index < -0.39 is 27.8 Å². The number of aromatic nitrogens is 2. The molecule has 0 spiro atoms. The van der Waals surface area contributed by atoms with E-state index in [0.717, 1.165) is 15.2 Å². The Morgan fingerprint density at radius 1 is 1.08 bits per heavy atom. The lowest BCUT2D eigenvalue weighted by Crippen LogP contribution is -2.46. The van der Waals surface area contributed by atoms with Gasteiger partial charge in [-0.05, 0) is 76.9 Å². The van der Waals surface area contributed by atoms with Crippen LogP contribution in [0.2, 0.25) is 0 Å². The third-order valence-corrected chi connectivity index (χ3v) is 7.70. The zero-order chi connectivity index (χ0) is 27.1. The summed E-state index contributed by atoms with van der Waals surface area (Å²) in [6, 6.07) is 13.1. The fourth-order valence-electron chi connectivity index (χ4n) is 4.50. The van der Waals surface area contributed by atoms with Crippen LogP contribution in [-0.4, -0.2) is 41.2 Å². The van der Waals surface area contributed by atoms with Crippen molar-refractivity contribution < 1.29 is 22.7 Å². The lowest BCUT2D eigenvalue weighted by molar-refractivity contribution is -0.117. The molecule has 37 heavy (non-hydrogen) atoms. The van der Waals surface area contributed by atoms with Gasteiger partial charge in [0, 0.05) is 30.4 Å². The molecule has 196 valence electrons. The molecule has 2 atom stereocenters. The van der Waals surface area contributed by atoms with Crippen molar-refractivity contribution in [3.63, 3.8) is 0 Å². The topological polar surface area (TPSA) is 111 Å². The average molecular weight is 525 g/mol. The van der Waals surface area contributed by atoms with Gasteiger partial charge in [0.05, 0.1) is 16.6 Å². The van der Waals surface area contributed by atoms with E-state index in [1.165, 1.54) is 13.1 Å². The highest BCUT2D eigenvalue weighted by Crippen LogP contribution is 2.39. The summed E-state index contributed by atoms with van der Waals surface area (Å²) in [6.45, 7) is 10.7. The number of nitrogens with one attached hydrogen (secondary N) is 1. The molecule has 1 aromatic heterocycles. The summed E-state index contributed by atoms with van der Waals surface area (Å²) in [6.07, 6.45) is 1.35. The smallest absolute Gasteiger partial charge is 0.408 e. The summed E-state index contributed by atoms with van der Waals surface area (Å²) in [7, 11) is -3.85. The molecule has 0 aliphatic carbocycles. The summed E-state index contributed by atoms with van der Waals surface area (Å²) < 4.78 is 32.5. The van der Waals surface area contributed by atoms with E-state index in [4.69, 9.17) is 4.74 Å². The first-order valence-corrected chi connectivity index (χ1v) is 13.5. The molecule has 2 aromatic carbocycles. The number of amides is 2. The van der Waals surface area contributed by atoms with Gasteiger partial charge in [0.1, 0.15) is 5.60 Å². The molecule has 0 saturated heterocycles. The number of alkyl carbamates (subject to hydrolysis) is 1. The summed E-state index contributed by atoms with van der Waals surface area (Å²) in [5.41, 5.74) is 2.82. The van der Waals surface area contributed by atoms with Crippen LogP contribution in [0.4, 0.5) is 10.5 Å². The molecule has 1 N–H and O–H groups in total. The van der Waals surface area contributed by atoms with E-state index >= 15 is 0 Å². The van der Waals surface area contributed by atoms with E-state index in [1.54, 1.807) is 68.1 Å². The van der Waals surface area contributed by atoms with Gasteiger partial charge >= 0.3 is 6.09 Å². The molecule has 3 aromatic rings. The van der Waals surface area contributed by atoms with Crippen LogP contribution in [-0.2, 0) is 19.6 Å². The number of aryl methyl sites for hydroxylation is 1. The van der Waals surface area contributed by atoms with Crippen molar-refractivity contribution in [2.24, 2.45) is 0 Å². The number of benzene rings is 2. The van der Waals surface area contributed by atoms with Crippen molar-refractivity contribution in [1.29, 1.82) is 0 Å². The molecule has 0 unspecified atom stereocenters. The highest BCUT2D eigenvalue weighted by Gasteiger charge is 2.34. The number of rotatable bonds is 4. The molecular weight excluding hydrogens is 492 g/mol. The fourth-order valence-corrected chi connectivity index (χ4v) is 5.62. The van der Waals surface area contributed by atoms with Crippen LogP contribution >= 0.6 is 0 Å². The van der Waals surface area contributed by atoms with Gasteiger partial charge in [-0.2, -0.15) is 17.6 Å². The Balaban J connectivity index is 1.71. The second kappa shape index (κ2) is 9.66. The van der Waals surface area contributed by atoms with Gasteiger partial charge in [-0.25, -0.2) is 4.79 Å². The van der Waals surface area contributed by atoms with Crippen LogP contribution in [0, 0.1) is 6.92 Å². The molecule has 9 nitrogen and oxygen atoms in total. The predicted molar refractivity (Wildman–Crippen MR) is 141 cm³/mol. The Hall–Kier alpha value is -3.66. The lowest BCUT2D eigenvalue weighted by Gasteiger charge is -2.39. The Morgan fingerprint density at radius 2 is 1.76 bits per heavy atom. The molecule has 1 aliphatic rings. The quantitative estimate of drug-likeness (QED) is 0.525. The van der Waals surface area contributed by atoms with Crippen LogP contribution in [0.1, 0.15) is 58.2 Å². The molecule has 4 rings (SSSR count). The van der Waals surface area contributed by atoms with E-state index in [1.807, 2.05) is 19.9 Å². The van der Waals surface area contributed by atoms with Gasteiger partial charge in [-0.15, -0.1) is 0 Å². The van der Waals surface area contributed by atoms with E-state index in [2.05, 4.69) is 10.4 Å². The van der Waals surface area contributed by atoms with Gasteiger partial charge < -0.3 is 15.0 Å². The van der Waals surface area contributed by atoms with Crippen LogP contribution in [0.3, 0.4) is 0 Å². The molecule has 0 radical (unpaired) electrons. The zero-order valence-corrected chi connectivity index (χ0v) is 22.7. The third kappa shape index (κ3) is 5.53. The molecule has 10 heteroatoms. The Bertz CT molecular complexity index is 1440. The maximum absolute atomic E-state index is 13.1. The summed E-state index contributed by atoms with van der Waals surface area (Å²) >= 11 is 0. The van der Waals surface area contributed by atoms with Crippen molar-refractivity contribution in [1.82, 2.24) is 14.5 Å². The first-order chi connectivity index (χ1) is 17.3. The molecular formula is C27H32N4O5S. The van der Waals surface area contributed by atoms with E-state index in [-0.39, 0.29) is 16.8 Å². The monoisotopic (exact) mass is 524 g/mol. The van der Waals surface area contributed by atoms with Gasteiger partial charge in [-0.1, -0.05) is 23.8 Å². The highest BCUT2D eigenvalue weighted by molar-refractivity contribution is 7.89. The van der Waals surface area contributed by atoms with Crippen molar-refractivity contribution in [2.45, 2.75) is 70.5 Å². The first-order valence-electron chi connectivity index (χ1n) is 12.1. The molecule has 2 heterocycles. The van der Waals surface area contributed by atoms with Crippen molar-refractivity contribution in [2.75, 3.05) is 4.90 Å². The Labute approximate surface area is 217 Å². The largest absolute Gasteiger partial charge is 0.444 e. The van der Waals surface area contributed by atoms with Gasteiger partial charge in [-0.3, -0.25) is 4.79 Å². The maximum Gasteiger partial charge on any atom is 0.408 e. The Kier molecular flexibility index (Phi) is 6.89. The van der Waals surface area contributed by atoms with Gasteiger partial charge in [0.2, 0.25) is 5.91 Å². The number of nitrogens with zero attached hydrogens (tertiary/aromatic N) is 3. The number of carbonyl (C=O) groups is 2. The summed E-state index contributed by atoms with van der Waals surface area (Å²) in [5.74, 6) is -0.106. The number of hydrogen-bond donors (Lipinski definition) is 1. The standard InChI is InChI=1S/C27H32N4O5S/c1-17-7-10-21(11-8-17)37(34,35)30-14-13-23(29-30)20-9-12-25-22(16-20)24(15-18(2)31(25)19(3)32)28-26(33)36-27(4,5)6/h7-14,16,18,24H,15H2,1-6H3,(H,28,33)/t18-,24+/m0/s1. The number of anilines is 1. The molecule has 1 aliphatic heterocycles. The van der Waals surface area contributed by atoms with Gasteiger partial charge in [0.25, 0.3) is 10.0 Å². The SMILES string of the molecule is CC(=O)N1c2ccc(-c3ccn(S(=O)(=O)c4ccc(C)cc4)n3)cc2[C@H](NC(=O)OC(C)(C)C)C[C@@H]1C. The third-order valence-electron chi connectivity index (χ3n) is 6.14. The molecule has 2 amide bonds. The summed E-state index contributed by atoms with van der Waals surface area (Å²) in [4.78, 5) is 26.9. The minimum absolute atomic E-state index is 0.106. The highest BCUT2D eigenvalue weighted by atomic mass is 32.2. The first kappa shape index (κ1) is 26.4. The number of hydrogen-bond acceptors (Lipinski definition) is 6. The number of carbonyl (C=O) groups excluding carboxylic acids is 2. The number of fused-ring (bicyclic) bond motifs is 1. The van der Waals surface area contributed by atoms with E-state index in [9.17, 15) is 18.0 Å². The van der Waals surface area contributed by atoms with Crippen molar-refractivity contribution >= 4 is 27.7 Å². The minimum Gasteiger partial charge on any atom is -0.444 e. The summed E-state index contributed by atoms with van der Waals surface area (Å²) in [5, 5.41) is 7.27. The Morgan fingerprint density at radius 3 is 2.38 bits per heavy atom. The van der Waals surface area contributed by atoms with E-state index in [0.29, 0.717) is 23.4 Å². The van der Waals surface area contributed by atoms with Crippen LogP contribution in [0.15, 0.2) is 59.6 Å². The zero-order valence-electron chi connectivity index (χ0n) is 21.8. The van der Waals surface area contributed by atoms with Crippen molar-refractivity contribution in [3.05, 3.63) is 65.9 Å². The van der Waals surface area contributed by atoms with Gasteiger partial charge in [0.15, 0.2) is 0 Å². The van der Waals surface area contributed by atoms with Crippen LogP contribution in [0.5, 0.6) is 0 Å². The predicted octanol–water partition coefficient (Wildman–Crippen LogP) is 4.81. The fraction of sp³-hybridized carbons (Fsp3) is 0.370. The maximum atomic E-state index is 13.1. The molecule has 0 saturated carbocycles. The average Bonchev–Trinajstić information content (AvgIpc) is 3.29. The minimum atomic E-state index is -3.85. The second-order valence-electron chi connectivity index (χ2n) is 10.3. The molecule has 0 bridgehead atoms. The van der Waals surface area contributed by atoms with Crippen LogP contribution in [0.25, 0.3) is 11.3 Å². The lowest BCUT2D eigenvalue weighted by atomic mass is 9.90. The second-order valence-corrected chi connectivity index (χ2v) is 12.1. The molecule has 0 fully saturated rings.